The minimum Gasteiger partial charge on any atom is -0.466 e. The number of ether oxygens (including phenoxy) is 2. The maximum Gasteiger partial charge on any atom is 0.330 e. The molecule has 1 aromatic heterocycles. The summed E-state index contributed by atoms with van der Waals surface area (Å²) in [6.07, 6.45) is 13.1. The number of H-pyrrole nitrogens is 1. The fraction of sp³-hybridized carbons (Fsp3) is 0.395. The van der Waals surface area contributed by atoms with Crippen molar-refractivity contribution in [2.24, 2.45) is 0 Å². The third-order valence-electron chi connectivity index (χ3n) is 9.28. The summed E-state index contributed by atoms with van der Waals surface area (Å²) in [6.45, 7) is 8.61. The van der Waals surface area contributed by atoms with Crippen LogP contribution in [0, 0.1) is 13.8 Å². The zero-order chi connectivity index (χ0) is 32.6. The second-order valence-corrected chi connectivity index (χ2v) is 12.1. The highest BCUT2D eigenvalue weighted by atomic mass is 16.5. The van der Waals surface area contributed by atoms with Crippen LogP contribution in [0.2, 0.25) is 0 Å². The van der Waals surface area contributed by atoms with E-state index < -0.39 is 5.97 Å². The number of rotatable bonds is 10. The Balaban J connectivity index is 1.44. The molecular formula is C38H45N3O5. The average molecular weight is 624 g/mol. The second kappa shape index (κ2) is 15.2. The molecule has 5 rings (SSSR count). The number of esters is 1. The molecule has 0 atom stereocenters. The van der Waals surface area contributed by atoms with Gasteiger partial charge in [0.1, 0.15) is 0 Å². The van der Waals surface area contributed by atoms with Crippen LogP contribution in [0.5, 0.6) is 0 Å². The molecule has 1 aliphatic heterocycles. The van der Waals surface area contributed by atoms with Crippen molar-refractivity contribution in [3.63, 3.8) is 0 Å². The predicted octanol–water partition coefficient (Wildman–Crippen LogP) is 6.16. The van der Waals surface area contributed by atoms with Gasteiger partial charge in [0.05, 0.1) is 7.11 Å². The Labute approximate surface area is 271 Å². The Bertz CT molecular complexity index is 1680. The Morgan fingerprint density at radius 2 is 1.65 bits per heavy atom. The third kappa shape index (κ3) is 7.68. The molecule has 2 aliphatic rings. The number of hydrogen-bond donors (Lipinski definition) is 2. The fourth-order valence-electron chi connectivity index (χ4n) is 6.61. The molecule has 46 heavy (non-hydrogen) atoms. The SMILES string of the molecule is CCN(c1cc(/C=C/c2ccc(/C=C/C(=O)OC)cc2)cc(C(=O)NCc2c(C)c3c([nH]c2=O)CCCC3)c1C)C1CCOCC1. The van der Waals surface area contributed by atoms with Crippen LogP contribution in [-0.4, -0.2) is 49.8 Å². The predicted molar refractivity (Wildman–Crippen MR) is 184 cm³/mol. The number of fused-ring (bicyclic) bond motifs is 1. The standard InChI is InChI=1S/C38H45N3O5/c1-5-41(30-18-20-46-21-19-30)35-23-29(15-14-27-10-12-28(13-11-27)16-17-36(42)45-4)22-32(26(35)3)37(43)39-24-33-25(2)31-8-6-7-9-34(31)40-38(33)44/h10-17,22-23,30H,5-9,18-21,24H2,1-4H3,(H,39,43)(H,40,44)/b15-14+,17-16+. The van der Waals surface area contributed by atoms with Gasteiger partial charge in [-0.15, -0.1) is 0 Å². The molecule has 1 fully saturated rings. The topological polar surface area (TPSA) is 101 Å². The van der Waals surface area contributed by atoms with E-state index in [2.05, 4.69) is 32.9 Å². The Morgan fingerprint density at radius 1 is 0.978 bits per heavy atom. The van der Waals surface area contributed by atoms with Gasteiger partial charge in [-0.2, -0.15) is 0 Å². The Morgan fingerprint density at radius 3 is 2.35 bits per heavy atom. The third-order valence-corrected chi connectivity index (χ3v) is 9.28. The van der Waals surface area contributed by atoms with Crippen molar-refractivity contribution in [2.75, 3.05) is 31.8 Å². The van der Waals surface area contributed by atoms with Crippen LogP contribution in [0.15, 0.2) is 47.3 Å². The number of aromatic amines is 1. The molecular weight excluding hydrogens is 578 g/mol. The van der Waals surface area contributed by atoms with Gasteiger partial charge in [-0.1, -0.05) is 36.4 Å². The van der Waals surface area contributed by atoms with Gasteiger partial charge in [0, 0.05) is 60.9 Å². The molecule has 2 heterocycles. The van der Waals surface area contributed by atoms with Gasteiger partial charge >= 0.3 is 5.97 Å². The van der Waals surface area contributed by atoms with E-state index in [1.165, 1.54) is 18.7 Å². The summed E-state index contributed by atoms with van der Waals surface area (Å²) in [7, 11) is 1.35. The highest BCUT2D eigenvalue weighted by Gasteiger charge is 2.25. The fourth-order valence-corrected chi connectivity index (χ4v) is 6.61. The van der Waals surface area contributed by atoms with E-state index in [0.29, 0.717) is 17.2 Å². The number of aromatic nitrogens is 1. The lowest BCUT2D eigenvalue weighted by Crippen LogP contribution is -2.40. The van der Waals surface area contributed by atoms with E-state index in [1.54, 1.807) is 6.08 Å². The first-order chi connectivity index (χ1) is 22.3. The number of benzene rings is 2. The minimum absolute atomic E-state index is 0.115. The first-order valence-electron chi connectivity index (χ1n) is 16.3. The van der Waals surface area contributed by atoms with Crippen LogP contribution in [-0.2, 0) is 33.7 Å². The van der Waals surface area contributed by atoms with Crippen LogP contribution in [0.4, 0.5) is 5.69 Å². The summed E-state index contributed by atoms with van der Waals surface area (Å²) in [5.74, 6) is -0.596. The lowest BCUT2D eigenvalue weighted by molar-refractivity contribution is -0.134. The smallest absolute Gasteiger partial charge is 0.330 e. The molecule has 1 aliphatic carbocycles. The summed E-state index contributed by atoms with van der Waals surface area (Å²) in [5.41, 5.74) is 9.12. The van der Waals surface area contributed by atoms with Gasteiger partial charge < -0.3 is 24.7 Å². The number of hydrogen-bond acceptors (Lipinski definition) is 6. The highest BCUT2D eigenvalue weighted by Crippen LogP contribution is 2.31. The van der Waals surface area contributed by atoms with Gasteiger partial charge in [-0.3, -0.25) is 9.59 Å². The van der Waals surface area contributed by atoms with E-state index in [1.807, 2.05) is 56.3 Å². The van der Waals surface area contributed by atoms with Crippen molar-refractivity contribution in [3.8, 4) is 0 Å². The van der Waals surface area contributed by atoms with Crippen LogP contribution in [0.1, 0.15) is 87.6 Å². The van der Waals surface area contributed by atoms with Crippen molar-refractivity contribution < 1.29 is 19.1 Å². The molecule has 2 aromatic carbocycles. The summed E-state index contributed by atoms with van der Waals surface area (Å²) in [6, 6.07) is 12.3. The molecule has 0 saturated carbocycles. The number of nitrogens with one attached hydrogen (secondary N) is 2. The van der Waals surface area contributed by atoms with Crippen molar-refractivity contribution >= 4 is 35.8 Å². The van der Waals surface area contributed by atoms with Crippen LogP contribution in [0.25, 0.3) is 18.2 Å². The maximum atomic E-state index is 13.9. The van der Waals surface area contributed by atoms with Crippen molar-refractivity contribution in [2.45, 2.75) is 71.9 Å². The van der Waals surface area contributed by atoms with E-state index in [4.69, 9.17) is 4.74 Å². The van der Waals surface area contributed by atoms with Gasteiger partial charge in [-0.05, 0) is 111 Å². The van der Waals surface area contributed by atoms with E-state index >= 15 is 0 Å². The summed E-state index contributed by atoms with van der Waals surface area (Å²) in [5, 5.41) is 3.08. The van der Waals surface area contributed by atoms with Crippen molar-refractivity contribution in [1.29, 1.82) is 0 Å². The van der Waals surface area contributed by atoms with Crippen LogP contribution in [0.3, 0.4) is 0 Å². The van der Waals surface area contributed by atoms with Gasteiger partial charge in [0.25, 0.3) is 11.5 Å². The molecule has 0 radical (unpaired) electrons. The summed E-state index contributed by atoms with van der Waals surface area (Å²) < 4.78 is 10.3. The molecule has 0 bridgehead atoms. The molecule has 2 N–H and O–H groups in total. The molecule has 8 heteroatoms. The van der Waals surface area contributed by atoms with Crippen LogP contribution < -0.4 is 15.8 Å². The maximum absolute atomic E-state index is 13.9. The van der Waals surface area contributed by atoms with Crippen LogP contribution >= 0.6 is 0 Å². The number of carbonyl (C=O) groups excluding carboxylic acids is 2. The van der Waals surface area contributed by atoms with Gasteiger partial charge in [0.15, 0.2) is 0 Å². The molecule has 1 amide bonds. The minimum atomic E-state index is -0.398. The van der Waals surface area contributed by atoms with E-state index in [-0.39, 0.29) is 18.0 Å². The van der Waals surface area contributed by atoms with Crippen molar-refractivity contribution in [3.05, 3.63) is 103 Å². The highest BCUT2D eigenvalue weighted by molar-refractivity contribution is 5.98. The first-order valence-corrected chi connectivity index (χ1v) is 16.3. The summed E-state index contributed by atoms with van der Waals surface area (Å²) >= 11 is 0. The molecule has 242 valence electrons. The number of anilines is 1. The summed E-state index contributed by atoms with van der Waals surface area (Å²) in [4.78, 5) is 43.8. The van der Waals surface area contributed by atoms with Crippen molar-refractivity contribution in [1.82, 2.24) is 10.3 Å². The lowest BCUT2D eigenvalue weighted by Gasteiger charge is -2.36. The Hall–Kier alpha value is -4.43. The average Bonchev–Trinajstić information content (AvgIpc) is 3.08. The number of methoxy groups -OCH3 is 1. The normalized spacial score (nSPS) is 15.2. The monoisotopic (exact) mass is 623 g/mol. The molecule has 0 spiro atoms. The van der Waals surface area contributed by atoms with E-state index in [0.717, 1.165) is 97.5 Å². The zero-order valence-electron chi connectivity index (χ0n) is 27.4. The number of carbonyl (C=O) groups is 2. The molecule has 0 unspecified atom stereocenters. The largest absolute Gasteiger partial charge is 0.466 e. The second-order valence-electron chi connectivity index (χ2n) is 12.1. The number of aryl methyl sites for hydroxylation is 1. The molecule has 1 saturated heterocycles. The molecule has 8 nitrogen and oxygen atoms in total. The number of amides is 1. The quantitative estimate of drug-likeness (QED) is 0.159. The Kier molecular flexibility index (Phi) is 10.9. The van der Waals surface area contributed by atoms with Gasteiger partial charge in [-0.25, -0.2) is 4.79 Å². The number of nitrogens with zero attached hydrogens (tertiary/aromatic N) is 1. The first kappa shape index (κ1) is 32.9. The van der Waals surface area contributed by atoms with Gasteiger partial charge in [0.2, 0.25) is 0 Å². The molecule has 3 aromatic rings. The van der Waals surface area contributed by atoms with E-state index in [9.17, 15) is 14.4 Å². The zero-order valence-corrected chi connectivity index (χ0v) is 27.4. The number of pyridine rings is 1. The lowest BCUT2D eigenvalue weighted by atomic mass is 9.90.